The van der Waals surface area contributed by atoms with Gasteiger partial charge in [-0.15, -0.1) is 11.3 Å². The number of carbonyl (C=O) groups excluding carboxylic acids is 1. The van der Waals surface area contributed by atoms with Crippen LogP contribution in [-0.2, 0) is 11.2 Å². The van der Waals surface area contributed by atoms with Gasteiger partial charge in [0.15, 0.2) is 0 Å². The zero-order valence-electron chi connectivity index (χ0n) is 11.4. The molecule has 0 aliphatic heterocycles. The lowest BCUT2D eigenvalue weighted by Gasteiger charge is -2.17. The number of carbonyl (C=O) groups is 1. The Morgan fingerprint density at radius 2 is 2.00 bits per heavy atom. The van der Waals surface area contributed by atoms with E-state index < -0.39 is 0 Å². The Hall–Kier alpha value is -0.900. The van der Waals surface area contributed by atoms with E-state index in [1.807, 2.05) is 13.8 Å². The molecule has 0 saturated carbocycles. The van der Waals surface area contributed by atoms with Crippen molar-refractivity contribution in [1.29, 1.82) is 0 Å². The largest absolute Gasteiger partial charge is 0.356 e. The lowest BCUT2D eigenvalue weighted by molar-refractivity contribution is -0.122. The molecule has 1 heterocycles. The van der Waals surface area contributed by atoms with Gasteiger partial charge in [-0.3, -0.25) is 4.79 Å². The summed E-state index contributed by atoms with van der Waals surface area (Å²) in [4.78, 5) is 17.3. The molecule has 0 saturated heterocycles. The Bertz CT molecular complexity index is 391. The quantitative estimate of drug-likeness (QED) is 0.897. The van der Waals surface area contributed by atoms with Gasteiger partial charge in [-0.2, -0.15) is 0 Å². The third-order valence-corrected chi connectivity index (χ3v) is 3.50. The molecule has 0 bridgehead atoms. The van der Waals surface area contributed by atoms with E-state index in [2.05, 4.69) is 31.1 Å². The summed E-state index contributed by atoms with van der Waals surface area (Å²) in [7, 11) is 0. The van der Waals surface area contributed by atoms with Crippen LogP contribution in [0.15, 0.2) is 0 Å². The number of aromatic nitrogens is 1. The predicted octanol–water partition coefficient (Wildman–Crippen LogP) is 2.85. The fourth-order valence-corrected chi connectivity index (χ4v) is 2.60. The summed E-state index contributed by atoms with van der Waals surface area (Å²) in [5.74, 6) is 0.136. The van der Waals surface area contributed by atoms with Crippen molar-refractivity contribution in [3.05, 3.63) is 15.6 Å². The lowest BCUT2D eigenvalue weighted by atomic mass is 9.92. The molecule has 17 heavy (non-hydrogen) atoms. The second kappa shape index (κ2) is 5.63. The summed E-state index contributed by atoms with van der Waals surface area (Å²) < 4.78 is 0. The lowest BCUT2D eigenvalue weighted by Crippen LogP contribution is -2.29. The number of nitrogens with one attached hydrogen (secondary N) is 1. The molecule has 0 unspecified atom stereocenters. The molecule has 96 valence electrons. The van der Waals surface area contributed by atoms with Crippen molar-refractivity contribution in [2.24, 2.45) is 5.41 Å². The van der Waals surface area contributed by atoms with Crippen LogP contribution < -0.4 is 5.32 Å². The highest BCUT2D eigenvalue weighted by molar-refractivity contribution is 7.11. The number of nitrogens with zero attached hydrogens (tertiary/aromatic N) is 1. The number of thiazole rings is 1. The average Bonchev–Trinajstić information content (AvgIpc) is 2.42. The summed E-state index contributed by atoms with van der Waals surface area (Å²) in [5, 5.41) is 4.06. The van der Waals surface area contributed by atoms with Gasteiger partial charge in [0.05, 0.1) is 10.7 Å². The van der Waals surface area contributed by atoms with Crippen LogP contribution in [0.25, 0.3) is 0 Å². The second-order valence-electron chi connectivity index (χ2n) is 5.58. The minimum Gasteiger partial charge on any atom is -0.356 e. The van der Waals surface area contributed by atoms with Crippen molar-refractivity contribution in [1.82, 2.24) is 10.3 Å². The molecular weight excluding hydrogens is 232 g/mol. The maximum Gasteiger partial charge on any atom is 0.220 e. The van der Waals surface area contributed by atoms with Crippen LogP contribution in [-0.4, -0.2) is 17.4 Å². The van der Waals surface area contributed by atoms with Gasteiger partial charge >= 0.3 is 0 Å². The smallest absolute Gasteiger partial charge is 0.220 e. The van der Waals surface area contributed by atoms with Crippen LogP contribution in [0.2, 0.25) is 0 Å². The Labute approximate surface area is 108 Å². The number of rotatable bonds is 4. The number of amides is 1. The molecule has 1 N–H and O–H groups in total. The van der Waals surface area contributed by atoms with Gasteiger partial charge in [-0.1, -0.05) is 20.8 Å². The minimum atomic E-state index is 0.0566. The van der Waals surface area contributed by atoms with Crippen LogP contribution in [0.1, 0.15) is 42.8 Å². The molecule has 1 amide bonds. The first-order chi connectivity index (χ1) is 7.78. The third kappa shape index (κ3) is 5.31. The molecular formula is C13H22N2OS. The SMILES string of the molecule is Cc1nc(C)c(CCNC(=O)CC(C)(C)C)s1. The molecule has 0 aromatic carbocycles. The average molecular weight is 254 g/mol. The minimum absolute atomic E-state index is 0.0566. The molecule has 0 fully saturated rings. The molecule has 0 radical (unpaired) electrons. The predicted molar refractivity (Wildman–Crippen MR) is 72.4 cm³/mol. The summed E-state index contributed by atoms with van der Waals surface area (Å²) in [6, 6.07) is 0. The van der Waals surface area contributed by atoms with Crippen molar-refractivity contribution in [3.8, 4) is 0 Å². The van der Waals surface area contributed by atoms with Crippen LogP contribution >= 0.6 is 11.3 Å². The molecule has 0 spiro atoms. The second-order valence-corrected chi connectivity index (χ2v) is 6.87. The highest BCUT2D eigenvalue weighted by Gasteiger charge is 2.15. The fourth-order valence-electron chi connectivity index (χ4n) is 1.67. The molecule has 4 heteroatoms. The maximum atomic E-state index is 11.6. The molecule has 1 aromatic heterocycles. The van der Waals surface area contributed by atoms with Crippen molar-refractivity contribution in [3.63, 3.8) is 0 Å². The van der Waals surface area contributed by atoms with Crippen LogP contribution in [0.5, 0.6) is 0 Å². The standard InChI is InChI=1S/C13H22N2OS/c1-9-11(17-10(2)15-9)6-7-14-12(16)8-13(3,4)5/h6-8H2,1-5H3,(H,14,16). The molecule has 1 aromatic rings. The zero-order chi connectivity index (χ0) is 13.1. The van der Waals surface area contributed by atoms with Gasteiger partial charge in [-0.25, -0.2) is 4.98 Å². The van der Waals surface area contributed by atoms with Gasteiger partial charge in [0, 0.05) is 24.3 Å². The van der Waals surface area contributed by atoms with Gasteiger partial charge in [0.2, 0.25) is 5.91 Å². The Balaban J connectivity index is 2.33. The first-order valence-corrected chi connectivity index (χ1v) is 6.79. The number of hydrogen-bond acceptors (Lipinski definition) is 3. The van der Waals surface area contributed by atoms with Crippen molar-refractivity contribution < 1.29 is 4.79 Å². The zero-order valence-corrected chi connectivity index (χ0v) is 12.2. The van der Waals surface area contributed by atoms with Crippen molar-refractivity contribution >= 4 is 17.2 Å². The first kappa shape index (κ1) is 14.2. The first-order valence-electron chi connectivity index (χ1n) is 5.97. The van der Waals surface area contributed by atoms with Crippen LogP contribution in [0.3, 0.4) is 0 Å². The molecule has 0 aliphatic rings. The topological polar surface area (TPSA) is 42.0 Å². The van der Waals surface area contributed by atoms with Crippen molar-refractivity contribution in [2.45, 2.75) is 47.5 Å². The maximum absolute atomic E-state index is 11.6. The Morgan fingerprint density at radius 3 is 2.47 bits per heavy atom. The molecule has 3 nitrogen and oxygen atoms in total. The summed E-state index contributed by atoms with van der Waals surface area (Å²) in [6.45, 7) is 11.0. The number of aryl methyl sites for hydroxylation is 2. The van der Waals surface area contributed by atoms with Crippen LogP contribution in [0, 0.1) is 19.3 Å². The van der Waals surface area contributed by atoms with E-state index in [1.165, 1.54) is 4.88 Å². The molecule has 0 atom stereocenters. The van der Waals surface area contributed by atoms with Crippen molar-refractivity contribution in [2.75, 3.05) is 6.54 Å². The van der Waals surface area contributed by atoms with E-state index in [-0.39, 0.29) is 11.3 Å². The fraction of sp³-hybridized carbons (Fsp3) is 0.692. The normalized spacial score (nSPS) is 11.6. The van der Waals surface area contributed by atoms with Gasteiger partial charge in [-0.05, 0) is 19.3 Å². The molecule has 0 aliphatic carbocycles. The van der Waals surface area contributed by atoms with Gasteiger partial charge < -0.3 is 5.32 Å². The van der Waals surface area contributed by atoms with Crippen LogP contribution in [0.4, 0.5) is 0 Å². The summed E-state index contributed by atoms with van der Waals surface area (Å²) in [6.07, 6.45) is 1.46. The summed E-state index contributed by atoms with van der Waals surface area (Å²) in [5.41, 5.74) is 1.15. The van der Waals surface area contributed by atoms with Gasteiger partial charge in [0.1, 0.15) is 0 Å². The van der Waals surface area contributed by atoms with E-state index in [0.717, 1.165) is 17.1 Å². The van der Waals surface area contributed by atoms with E-state index in [9.17, 15) is 4.79 Å². The van der Waals surface area contributed by atoms with Gasteiger partial charge in [0.25, 0.3) is 0 Å². The highest BCUT2D eigenvalue weighted by atomic mass is 32.1. The Kier molecular flexibility index (Phi) is 4.69. The monoisotopic (exact) mass is 254 g/mol. The van der Waals surface area contributed by atoms with E-state index in [1.54, 1.807) is 11.3 Å². The third-order valence-electron chi connectivity index (χ3n) is 2.36. The van der Waals surface area contributed by atoms with E-state index in [0.29, 0.717) is 13.0 Å². The number of hydrogen-bond donors (Lipinski definition) is 1. The Morgan fingerprint density at radius 1 is 1.35 bits per heavy atom. The van der Waals surface area contributed by atoms with E-state index in [4.69, 9.17) is 0 Å². The highest BCUT2D eigenvalue weighted by Crippen LogP contribution is 2.19. The molecule has 1 rings (SSSR count). The van der Waals surface area contributed by atoms with E-state index >= 15 is 0 Å². The summed E-state index contributed by atoms with van der Waals surface area (Å²) >= 11 is 1.72.